The van der Waals surface area contributed by atoms with Crippen molar-refractivity contribution < 1.29 is 0 Å². The summed E-state index contributed by atoms with van der Waals surface area (Å²) in [7, 11) is 0. The van der Waals surface area contributed by atoms with E-state index in [9.17, 15) is 0 Å². The predicted molar refractivity (Wildman–Crippen MR) is 37.6 cm³/mol. The van der Waals surface area contributed by atoms with Crippen molar-refractivity contribution in [3.63, 3.8) is 0 Å². The number of allylic oxidation sites excluding steroid dienone is 1. The molecule has 0 fully saturated rings. The summed E-state index contributed by atoms with van der Waals surface area (Å²) in [6.07, 6.45) is 6.62. The summed E-state index contributed by atoms with van der Waals surface area (Å²) in [5.74, 6) is 0. The van der Waals surface area contributed by atoms with Crippen LogP contribution >= 0.6 is 0 Å². The van der Waals surface area contributed by atoms with Crippen LogP contribution in [0, 0.1) is 0 Å². The molecule has 1 aliphatic carbocycles. The summed E-state index contributed by atoms with van der Waals surface area (Å²) in [6, 6.07) is 0.627. The highest BCUT2D eigenvalue weighted by Crippen LogP contribution is 2.19. The van der Waals surface area contributed by atoms with Crippen molar-refractivity contribution in [3.8, 4) is 0 Å². The minimum atomic E-state index is 0.627. The van der Waals surface area contributed by atoms with Crippen LogP contribution in [0.2, 0.25) is 0 Å². The summed E-state index contributed by atoms with van der Waals surface area (Å²) in [5, 5.41) is 3.22. The van der Waals surface area contributed by atoms with Gasteiger partial charge in [-0.05, 0) is 18.4 Å². The van der Waals surface area contributed by atoms with Gasteiger partial charge < -0.3 is 5.32 Å². The number of aliphatic imine (C=N–C) groups is 1. The Kier molecular flexibility index (Phi) is 1.04. The lowest BCUT2D eigenvalue weighted by atomic mass is 10.1. The largest absolute Gasteiger partial charge is 0.370 e. The van der Waals surface area contributed by atoms with Crippen LogP contribution in [-0.2, 0) is 0 Å². The normalized spacial score (nSPS) is 31.1. The molecule has 1 N–H and O–H groups in total. The van der Waals surface area contributed by atoms with Crippen molar-refractivity contribution in [1.29, 1.82) is 0 Å². The lowest BCUT2D eigenvalue weighted by Crippen LogP contribution is -2.31. The summed E-state index contributed by atoms with van der Waals surface area (Å²) in [6.45, 7) is 0.928. The second kappa shape index (κ2) is 1.87. The number of fused-ring (bicyclic) bond motifs is 1. The molecule has 0 bridgehead atoms. The van der Waals surface area contributed by atoms with E-state index in [-0.39, 0.29) is 0 Å². The molecule has 0 saturated heterocycles. The Morgan fingerprint density at radius 1 is 1.67 bits per heavy atom. The van der Waals surface area contributed by atoms with Gasteiger partial charge in [-0.1, -0.05) is 6.08 Å². The van der Waals surface area contributed by atoms with Gasteiger partial charge in [-0.25, -0.2) is 0 Å². The van der Waals surface area contributed by atoms with E-state index in [1.54, 1.807) is 0 Å². The van der Waals surface area contributed by atoms with E-state index >= 15 is 0 Å². The van der Waals surface area contributed by atoms with Crippen LogP contribution in [0.5, 0.6) is 0 Å². The summed E-state index contributed by atoms with van der Waals surface area (Å²) >= 11 is 0. The minimum absolute atomic E-state index is 0.627. The van der Waals surface area contributed by atoms with Crippen LogP contribution in [0.3, 0.4) is 0 Å². The SMILES string of the molecule is C1=NCC2=CCCC2N1. The number of hydrogen-bond donors (Lipinski definition) is 1. The average Bonchev–Trinajstić information content (AvgIpc) is 2.33. The fraction of sp³-hybridized carbons (Fsp3) is 0.571. The smallest absolute Gasteiger partial charge is 0.0832 e. The molecule has 1 heterocycles. The molecule has 2 aliphatic rings. The molecule has 2 nitrogen and oxygen atoms in total. The van der Waals surface area contributed by atoms with Gasteiger partial charge in [0.05, 0.1) is 18.9 Å². The Bertz CT molecular complexity index is 170. The third-order valence-corrected chi connectivity index (χ3v) is 1.95. The molecule has 0 saturated carbocycles. The lowest BCUT2D eigenvalue weighted by Gasteiger charge is -2.17. The number of nitrogens with zero attached hydrogens (tertiary/aromatic N) is 1. The van der Waals surface area contributed by atoms with Crippen LogP contribution in [-0.4, -0.2) is 18.9 Å². The Balaban J connectivity index is 2.20. The first-order valence-corrected chi connectivity index (χ1v) is 3.40. The Labute approximate surface area is 54.7 Å². The second-order valence-electron chi connectivity index (χ2n) is 2.55. The predicted octanol–water partition coefficient (Wildman–Crippen LogP) is 0.707. The van der Waals surface area contributed by atoms with Crippen molar-refractivity contribution in [3.05, 3.63) is 11.6 Å². The number of nitrogens with one attached hydrogen (secondary N) is 1. The molecular formula is C7H10N2. The van der Waals surface area contributed by atoms with E-state index in [4.69, 9.17) is 0 Å². The molecular weight excluding hydrogens is 112 g/mol. The first-order chi connectivity index (χ1) is 4.47. The van der Waals surface area contributed by atoms with Crippen LogP contribution in [0.4, 0.5) is 0 Å². The highest BCUT2D eigenvalue weighted by Gasteiger charge is 2.18. The van der Waals surface area contributed by atoms with Crippen molar-refractivity contribution in [2.24, 2.45) is 4.99 Å². The molecule has 0 aromatic heterocycles. The number of rotatable bonds is 0. The van der Waals surface area contributed by atoms with Gasteiger partial charge in [-0.2, -0.15) is 0 Å². The standard InChI is InChI=1S/C7H10N2/c1-2-6-4-8-5-9-7(6)3-1/h2,5,7H,1,3-4H2,(H,8,9). The Hall–Kier alpha value is -0.790. The molecule has 2 rings (SSSR count). The van der Waals surface area contributed by atoms with Gasteiger partial charge in [-0.15, -0.1) is 0 Å². The average molecular weight is 122 g/mol. The van der Waals surface area contributed by atoms with Gasteiger partial charge in [0.25, 0.3) is 0 Å². The maximum Gasteiger partial charge on any atom is 0.0832 e. The highest BCUT2D eigenvalue weighted by atomic mass is 15.0. The fourth-order valence-corrected chi connectivity index (χ4v) is 1.42. The fourth-order valence-electron chi connectivity index (χ4n) is 1.42. The maximum absolute atomic E-state index is 4.12. The van der Waals surface area contributed by atoms with Crippen LogP contribution < -0.4 is 5.32 Å². The quantitative estimate of drug-likeness (QED) is 0.470. The monoisotopic (exact) mass is 122 g/mol. The molecule has 1 atom stereocenters. The van der Waals surface area contributed by atoms with Gasteiger partial charge in [-0.3, -0.25) is 4.99 Å². The van der Waals surface area contributed by atoms with Gasteiger partial charge in [0.2, 0.25) is 0 Å². The molecule has 1 aliphatic heterocycles. The summed E-state index contributed by atoms with van der Waals surface area (Å²) < 4.78 is 0. The number of hydrogen-bond acceptors (Lipinski definition) is 2. The molecule has 0 amide bonds. The third kappa shape index (κ3) is 0.745. The van der Waals surface area contributed by atoms with Crippen molar-refractivity contribution in [2.45, 2.75) is 18.9 Å². The van der Waals surface area contributed by atoms with E-state index in [1.165, 1.54) is 18.4 Å². The lowest BCUT2D eigenvalue weighted by molar-refractivity contribution is 0.660. The zero-order valence-corrected chi connectivity index (χ0v) is 5.30. The molecule has 2 heteroatoms. The summed E-state index contributed by atoms with van der Waals surface area (Å²) in [5.41, 5.74) is 1.48. The summed E-state index contributed by atoms with van der Waals surface area (Å²) in [4.78, 5) is 4.12. The minimum Gasteiger partial charge on any atom is -0.370 e. The molecule has 1 unspecified atom stereocenters. The maximum atomic E-state index is 4.12. The molecule has 0 aromatic rings. The third-order valence-electron chi connectivity index (χ3n) is 1.95. The molecule has 0 aromatic carbocycles. The van der Waals surface area contributed by atoms with Gasteiger partial charge in [0.15, 0.2) is 0 Å². The molecule has 9 heavy (non-hydrogen) atoms. The first-order valence-electron chi connectivity index (χ1n) is 3.40. The van der Waals surface area contributed by atoms with Crippen molar-refractivity contribution in [2.75, 3.05) is 6.54 Å². The van der Waals surface area contributed by atoms with Gasteiger partial charge in [0.1, 0.15) is 0 Å². The van der Waals surface area contributed by atoms with Gasteiger partial charge in [0, 0.05) is 0 Å². The zero-order chi connectivity index (χ0) is 6.10. The van der Waals surface area contributed by atoms with Crippen LogP contribution in [0.15, 0.2) is 16.6 Å². The molecule has 0 spiro atoms. The topological polar surface area (TPSA) is 24.4 Å². The van der Waals surface area contributed by atoms with Crippen LogP contribution in [0.25, 0.3) is 0 Å². The molecule has 48 valence electrons. The Morgan fingerprint density at radius 2 is 2.67 bits per heavy atom. The van der Waals surface area contributed by atoms with Crippen molar-refractivity contribution in [1.82, 2.24) is 5.32 Å². The molecule has 0 radical (unpaired) electrons. The first kappa shape index (κ1) is 5.03. The second-order valence-corrected chi connectivity index (χ2v) is 2.55. The van der Waals surface area contributed by atoms with E-state index < -0.39 is 0 Å². The van der Waals surface area contributed by atoms with Gasteiger partial charge >= 0.3 is 0 Å². The van der Waals surface area contributed by atoms with E-state index in [1.807, 2.05) is 6.34 Å². The Morgan fingerprint density at radius 3 is 3.56 bits per heavy atom. The van der Waals surface area contributed by atoms with Crippen molar-refractivity contribution >= 4 is 6.34 Å². The van der Waals surface area contributed by atoms with E-state index in [0.29, 0.717) is 6.04 Å². The van der Waals surface area contributed by atoms with E-state index in [2.05, 4.69) is 16.4 Å². The van der Waals surface area contributed by atoms with E-state index in [0.717, 1.165) is 6.54 Å². The zero-order valence-electron chi connectivity index (χ0n) is 5.30. The van der Waals surface area contributed by atoms with Crippen LogP contribution in [0.1, 0.15) is 12.8 Å². The highest BCUT2D eigenvalue weighted by molar-refractivity contribution is 5.58.